The molecule has 4 rings (SSSR count). The third-order valence-electron chi connectivity index (χ3n) is 6.89. The molecule has 0 spiro atoms. The third-order valence-corrected chi connectivity index (χ3v) is 6.89. The molecule has 0 bridgehead atoms. The molecule has 35 heavy (non-hydrogen) atoms. The quantitative estimate of drug-likeness (QED) is 0.376. The maximum absolute atomic E-state index is 13.0. The molecular formula is C29H33NO5. The lowest BCUT2D eigenvalue weighted by molar-refractivity contribution is 0.0960. The third kappa shape index (κ3) is 5.60. The van der Waals surface area contributed by atoms with Gasteiger partial charge in [-0.2, -0.15) is 0 Å². The number of aromatic hydroxyl groups is 3. The van der Waals surface area contributed by atoms with Gasteiger partial charge in [0.15, 0.2) is 17.3 Å². The Morgan fingerprint density at radius 1 is 0.943 bits per heavy atom. The number of rotatable bonds is 9. The minimum absolute atomic E-state index is 0.0557. The maximum atomic E-state index is 13.0. The molecular weight excluding hydrogens is 442 g/mol. The van der Waals surface area contributed by atoms with Gasteiger partial charge < -0.3 is 25.0 Å². The lowest BCUT2D eigenvalue weighted by Crippen LogP contribution is -2.27. The van der Waals surface area contributed by atoms with Crippen molar-refractivity contribution in [1.29, 1.82) is 0 Å². The first-order valence-electron chi connectivity index (χ1n) is 12.2. The summed E-state index contributed by atoms with van der Waals surface area (Å²) in [7, 11) is 0. The zero-order valence-corrected chi connectivity index (χ0v) is 20.3. The predicted octanol–water partition coefficient (Wildman–Crippen LogP) is 5.03. The van der Waals surface area contributed by atoms with Crippen molar-refractivity contribution in [2.24, 2.45) is 0 Å². The number of nitrogens with zero attached hydrogens (tertiary/aromatic N) is 1. The first kappa shape index (κ1) is 24.6. The van der Waals surface area contributed by atoms with Crippen LogP contribution in [0.3, 0.4) is 0 Å². The first-order chi connectivity index (χ1) is 16.9. The Hall–Kier alpha value is -3.51. The highest BCUT2D eigenvalue weighted by atomic mass is 16.5. The summed E-state index contributed by atoms with van der Waals surface area (Å²) in [5.74, 6) is 0.135. The first-order valence-corrected chi connectivity index (χ1v) is 12.2. The smallest absolute Gasteiger partial charge is 0.168 e. The van der Waals surface area contributed by atoms with Gasteiger partial charge in [0, 0.05) is 13.0 Å². The highest BCUT2D eigenvalue weighted by Crippen LogP contribution is 2.43. The van der Waals surface area contributed by atoms with Crippen molar-refractivity contribution in [1.82, 2.24) is 4.90 Å². The van der Waals surface area contributed by atoms with Gasteiger partial charge in [0.25, 0.3) is 0 Å². The van der Waals surface area contributed by atoms with Crippen molar-refractivity contribution >= 4 is 5.78 Å². The van der Waals surface area contributed by atoms with Gasteiger partial charge in [-0.3, -0.25) is 4.79 Å². The number of likely N-dealkylation sites (N-methyl/N-ethyl adjacent to an activating group) is 1. The van der Waals surface area contributed by atoms with Crippen LogP contribution in [0.2, 0.25) is 0 Å². The van der Waals surface area contributed by atoms with Crippen LogP contribution in [0.1, 0.15) is 58.8 Å². The second-order valence-corrected chi connectivity index (χ2v) is 9.07. The minimum atomic E-state index is -0.338. The fraction of sp³-hybridized carbons (Fsp3) is 0.345. The van der Waals surface area contributed by atoms with Crippen molar-refractivity contribution < 1.29 is 24.9 Å². The molecule has 3 aromatic rings. The standard InChI is InChI=1S/C29H33NO5/c1-3-30(4-2)13-14-35-24-11-5-19(6-12-24)15-22-18-27(33)29(34)28-25(22)16-21(17-26(28)32)20-7-9-23(31)10-8-20/h5-12,18,21,31,33-34H,3-4,13-17H2,1-2H3. The summed E-state index contributed by atoms with van der Waals surface area (Å²) < 4.78 is 5.88. The number of carbonyl (C=O) groups excluding carboxylic acids is 1. The molecule has 0 saturated carbocycles. The van der Waals surface area contributed by atoms with E-state index < -0.39 is 0 Å². The van der Waals surface area contributed by atoms with Gasteiger partial charge in [0.05, 0.1) is 5.56 Å². The summed E-state index contributed by atoms with van der Waals surface area (Å²) in [4.78, 5) is 15.3. The van der Waals surface area contributed by atoms with Gasteiger partial charge >= 0.3 is 0 Å². The molecule has 1 aliphatic rings. The fourth-order valence-electron chi connectivity index (χ4n) is 4.83. The number of fused-ring (bicyclic) bond motifs is 1. The van der Waals surface area contributed by atoms with Crippen LogP contribution in [-0.2, 0) is 12.8 Å². The van der Waals surface area contributed by atoms with Crippen molar-refractivity contribution in [3.05, 3.63) is 82.4 Å². The normalized spacial score (nSPS) is 15.3. The molecule has 6 nitrogen and oxygen atoms in total. The fourth-order valence-corrected chi connectivity index (χ4v) is 4.83. The summed E-state index contributed by atoms with van der Waals surface area (Å²) in [6, 6.07) is 16.3. The number of ketones is 1. The molecule has 1 atom stereocenters. The number of phenols is 3. The number of hydrogen-bond acceptors (Lipinski definition) is 6. The summed E-state index contributed by atoms with van der Waals surface area (Å²) in [5, 5.41) is 30.4. The van der Waals surface area contributed by atoms with Gasteiger partial charge in [-0.1, -0.05) is 38.1 Å². The molecule has 0 fully saturated rings. The van der Waals surface area contributed by atoms with Crippen molar-refractivity contribution in [2.45, 2.75) is 39.0 Å². The van der Waals surface area contributed by atoms with Crippen molar-refractivity contribution in [2.75, 3.05) is 26.2 Å². The van der Waals surface area contributed by atoms with Crippen LogP contribution in [-0.4, -0.2) is 52.2 Å². The van der Waals surface area contributed by atoms with Crippen LogP contribution in [0.5, 0.6) is 23.0 Å². The highest BCUT2D eigenvalue weighted by molar-refractivity contribution is 6.02. The summed E-state index contributed by atoms with van der Waals surface area (Å²) >= 11 is 0. The van der Waals surface area contributed by atoms with Crippen molar-refractivity contribution in [3.8, 4) is 23.0 Å². The maximum Gasteiger partial charge on any atom is 0.168 e. The lowest BCUT2D eigenvalue weighted by atomic mass is 9.76. The predicted molar refractivity (Wildman–Crippen MR) is 136 cm³/mol. The second-order valence-electron chi connectivity index (χ2n) is 9.07. The Morgan fingerprint density at radius 3 is 2.29 bits per heavy atom. The number of hydrogen-bond donors (Lipinski definition) is 3. The second kappa shape index (κ2) is 10.8. The zero-order chi connectivity index (χ0) is 24.9. The number of Topliss-reactive ketones (excluding diaryl/α,β-unsaturated/α-hetero) is 1. The Morgan fingerprint density at radius 2 is 1.63 bits per heavy atom. The van der Waals surface area contributed by atoms with E-state index in [9.17, 15) is 20.1 Å². The zero-order valence-electron chi connectivity index (χ0n) is 20.3. The van der Waals surface area contributed by atoms with Crippen LogP contribution < -0.4 is 4.74 Å². The van der Waals surface area contributed by atoms with Gasteiger partial charge in [-0.05, 0) is 84.4 Å². The van der Waals surface area contributed by atoms with Crippen LogP contribution in [0.25, 0.3) is 0 Å². The van der Waals surface area contributed by atoms with E-state index in [0.29, 0.717) is 19.4 Å². The molecule has 0 radical (unpaired) electrons. The van der Waals surface area contributed by atoms with E-state index in [2.05, 4.69) is 18.7 Å². The molecule has 1 aliphatic carbocycles. The average molecular weight is 476 g/mol. The van der Waals surface area contributed by atoms with Gasteiger partial charge in [-0.15, -0.1) is 0 Å². The van der Waals surface area contributed by atoms with E-state index in [1.165, 1.54) is 0 Å². The monoisotopic (exact) mass is 475 g/mol. The lowest BCUT2D eigenvalue weighted by Gasteiger charge is -2.27. The van der Waals surface area contributed by atoms with E-state index in [-0.39, 0.29) is 40.9 Å². The Balaban J connectivity index is 1.54. The summed E-state index contributed by atoms with van der Waals surface area (Å²) in [6.07, 6.45) is 1.33. The minimum Gasteiger partial charge on any atom is -0.508 e. The number of ether oxygens (including phenoxy) is 1. The van der Waals surface area contributed by atoms with Crippen LogP contribution in [0, 0.1) is 0 Å². The molecule has 3 N–H and O–H groups in total. The molecule has 0 saturated heterocycles. The molecule has 0 aromatic heterocycles. The molecule has 184 valence electrons. The molecule has 0 amide bonds. The highest BCUT2D eigenvalue weighted by Gasteiger charge is 2.32. The number of carbonyl (C=O) groups is 1. The summed E-state index contributed by atoms with van der Waals surface area (Å²) in [5.41, 5.74) is 3.81. The van der Waals surface area contributed by atoms with Crippen LogP contribution in [0.4, 0.5) is 0 Å². The van der Waals surface area contributed by atoms with E-state index in [0.717, 1.165) is 47.6 Å². The largest absolute Gasteiger partial charge is 0.508 e. The van der Waals surface area contributed by atoms with Gasteiger partial charge in [-0.25, -0.2) is 0 Å². The van der Waals surface area contributed by atoms with E-state index in [1.54, 1.807) is 18.2 Å². The molecule has 0 heterocycles. The van der Waals surface area contributed by atoms with Crippen molar-refractivity contribution in [3.63, 3.8) is 0 Å². The number of phenolic OH excluding ortho intramolecular Hbond substituents is 3. The van der Waals surface area contributed by atoms with Crippen LogP contribution >= 0.6 is 0 Å². The molecule has 3 aromatic carbocycles. The van der Waals surface area contributed by atoms with E-state index >= 15 is 0 Å². The Labute approximate surface area is 206 Å². The van der Waals surface area contributed by atoms with E-state index in [4.69, 9.17) is 4.74 Å². The average Bonchev–Trinajstić information content (AvgIpc) is 2.86. The SMILES string of the molecule is CCN(CC)CCOc1ccc(Cc2cc(O)c(O)c3c2CC(c2ccc(O)cc2)CC3=O)cc1. The van der Waals surface area contributed by atoms with E-state index in [1.807, 2.05) is 36.4 Å². The number of benzene rings is 3. The van der Waals surface area contributed by atoms with Gasteiger partial charge in [0.1, 0.15) is 18.1 Å². The molecule has 6 heteroatoms. The molecule has 1 unspecified atom stereocenters. The molecule has 0 aliphatic heterocycles. The van der Waals surface area contributed by atoms with Crippen LogP contribution in [0.15, 0.2) is 54.6 Å². The summed E-state index contributed by atoms with van der Waals surface area (Å²) in [6.45, 7) is 7.78. The topological polar surface area (TPSA) is 90.2 Å². The van der Waals surface area contributed by atoms with Gasteiger partial charge in [0.2, 0.25) is 0 Å². The Kier molecular flexibility index (Phi) is 7.61. The Bertz CT molecular complexity index is 1170.